The number of hydrogen-bond donors (Lipinski definition) is 2. The van der Waals surface area contributed by atoms with Gasteiger partial charge in [0.05, 0.1) is 16.9 Å². The molecule has 1 unspecified atom stereocenters. The van der Waals surface area contributed by atoms with Gasteiger partial charge in [0.2, 0.25) is 0 Å². The van der Waals surface area contributed by atoms with Gasteiger partial charge in [-0.3, -0.25) is 4.79 Å². The lowest BCUT2D eigenvalue weighted by atomic mass is 9.98. The van der Waals surface area contributed by atoms with Gasteiger partial charge in [-0.15, -0.1) is 11.3 Å². The number of pyridine rings is 1. The zero-order valence-corrected chi connectivity index (χ0v) is 18.9. The van der Waals surface area contributed by atoms with Gasteiger partial charge in [-0.05, 0) is 65.2 Å². The molecule has 0 aliphatic rings. The molecule has 0 saturated heterocycles. The van der Waals surface area contributed by atoms with E-state index >= 15 is 0 Å². The summed E-state index contributed by atoms with van der Waals surface area (Å²) in [4.78, 5) is 16.1. The third kappa shape index (κ3) is 3.85. The van der Waals surface area contributed by atoms with E-state index in [1.54, 1.807) is 11.3 Å². The molecule has 1 atom stereocenters. The number of aromatic nitrogens is 1. The van der Waals surface area contributed by atoms with Gasteiger partial charge in [-0.2, -0.15) is 5.26 Å². The molecule has 0 radical (unpaired) electrons. The van der Waals surface area contributed by atoms with E-state index in [-0.39, 0.29) is 11.3 Å². The molecule has 5 aromatic rings. The van der Waals surface area contributed by atoms with E-state index in [0.29, 0.717) is 22.2 Å². The Morgan fingerprint density at radius 1 is 1.06 bits per heavy atom. The summed E-state index contributed by atoms with van der Waals surface area (Å²) in [6.07, 6.45) is 0. The second kappa shape index (κ2) is 8.58. The van der Waals surface area contributed by atoms with E-state index in [4.69, 9.17) is 0 Å². The van der Waals surface area contributed by atoms with E-state index in [1.807, 2.05) is 24.3 Å². The molecule has 0 spiro atoms. The van der Waals surface area contributed by atoms with Gasteiger partial charge < -0.3 is 10.4 Å². The van der Waals surface area contributed by atoms with Crippen LogP contribution >= 0.6 is 11.3 Å². The molecule has 34 heavy (non-hydrogen) atoms. The molecule has 5 nitrogen and oxygen atoms in total. The minimum Gasteiger partial charge on any atom is -0.480 e. The number of carboxylic acids is 1. The van der Waals surface area contributed by atoms with E-state index in [2.05, 4.69) is 46.0 Å². The van der Waals surface area contributed by atoms with Crippen LogP contribution in [0.25, 0.3) is 43.4 Å². The molecule has 5 rings (SSSR count). The molecule has 0 fully saturated rings. The van der Waals surface area contributed by atoms with Gasteiger partial charge in [-0.25, -0.2) is 9.37 Å². The summed E-state index contributed by atoms with van der Waals surface area (Å²) in [6.45, 7) is 1.47. The van der Waals surface area contributed by atoms with Crippen molar-refractivity contribution in [2.45, 2.75) is 13.0 Å². The predicted molar refractivity (Wildman–Crippen MR) is 133 cm³/mol. The molecule has 7 heteroatoms. The number of rotatable bonds is 5. The van der Waals surface area contributed by atoms with E-state index in [1.165, 1.54) is 35.2 Å². The van der Waals surface area contributed by atoms with Gasteiger partial charge in [0.25, 0.3) is 0 Å². The molecule has 2 aromatic heterocycles. The standard InChI is InChI=1S/C27H18FN3O2S/c1-15(27(32)33)30-26-21-13-20(28)7-8-23(21)31-25(22(26)14-29)17-4-2-16(3-5-17)18-6-9-24-19(12-18)10-11-34-24/h2-13,15H,1H3,(H,30,31)(H,32,33). The van der Waals surface area contributed by atoms with Gasteiger partial charge in [0, 0.05) is 15.6 Å². The molecular formula is C27H18FN3O2S. The Bertz CT molecular complexity index is 1600. The normalized spacial score (nSPS) is 11.9. The summed E-state index contributed by atoms with van der Waals surface area (Å²) in [7, 11) is 0. The van der Waals surface area contributed by atoms with Crippen molar-refractivity contribution in [1.29, 1.82) is 5.26 Å². The lowest BCUT2D eigenvalue weighted by Gasteiger charge is -2.17. The number of nitrogens with one attached hydrogen (secondary N) is 1. The number of carboxylic acid groups (broad SMARTS) is 1. The first-order valence-corrected chi connectivity index (χ1v) is 11.4. The highest BCUT2D eigenvalue weighted by Crippen LogP contribution is 2.35. The molecule has 0 amide bonds. The highest BCUT2D eigenvalue weighted by Gasteiger charge is 2.21. The summed E-state index contributed by atoms with van der Waals surface area (Å²) in [5, 5.41) is 25.8. The maximum atomic E-state index is 14.0. The van der Waals surface area contributed by atoms with Gasteiger partial charge in [-0.1, -0.05) is 30.3 Å². The second-order valence-corrected chi connectivity index (χ2v) is 8.89. The Morgan fingerprint density at radius 2 is 1.79 bits per heavy atom. The summed E-state index contributed by atoms with van der Waals surface area (Å²) in [5.74, 6) is -1.58. The van der Waals surface area contributed by atoms with Gasteiger partial charge in [0.15, 0.2) is 0 Å². The van der Waals surface area contributed by atoms with Crippen LogP contribution in [0, 0.1) is 17.1 Å². The summed E-state index contributed by atoms with van der Waals surface area (Å²) < 4.78 is 15.2. The molecule has 0 bridgehead atoms. The Labute approximate surface area is 198 Å². The average Bonchev–Trinajstić information content (AvgIpc) is 3.32. The molecule has 0 saturated carbocycles. The van der Waals surface area contributed by atoms with Crippen molar-refractivity contribution >= 4 is 44.0 Å². The molecule has 166 valence electrons. The molecule has 3 aromatic carbocycles. The third-order valence-electron chi connectivity index (χ3n) is 5.73. The third-order valence-corrected chi connectivity index (χ3v) is 6.63. The molecule has 2 heterocycles. The number of hydrogen-bond acceptors (Lipinski definition) is 5. The number of halogens is 1. The molecule has 0 aliphatic heterocycles. The Hall–Kier alpha value is -4.28. The largest absolute Gasteiger partial charge is 0.480 e. The summed E-state index contributed by atoms with van der Waals surface area (Å²) >= 11 is 1.70. The highest BCUT2D eigenvalue weighted by molar-refractivity contribution is 7.17. The van der Waals surface area contributed by atoms with Crippen molar-refractivity contribution in [1.82, 2.24) is 4.98 Å². The number of benzene rings is 3. The average molecular weight is 468 g/mol. The second-order valence-electron chi connectivity index (χ2n) is 7.94. The van der Waals surface area contributed by atoms with Crippen molar-refractivity contribution in [3.05, 3.63) is 83.5 Å². The van der Waals surface area contributed by atoms with Crippen LogP contribution in [0.5, 0.6) is 0 Å². The first-order valence-electron chi connectivity index (χ1n) is 10.6. The van der Waals surface area contributed by atoms with Crippen molar-refractivity contribution in [3.63, 3.8) is 0 Å². The van der Waals surface area contributed by atoms with Gasteiger partial charge >= 0.3 is 5.97 Å². The maximum absolute atomic E-state index is 14.0. The van der Waals surface area contributed by atoms with E-state index in [9.17, 15) is 19.6 Å². The summed E-state index contributed by atoms with van der Waals surface area (Å²) in [5.41, 5.74) is 4.09. The number of fused-ring (bicyclic) bond motifs is 2. The number of anilines is 1. The smallest absolute Gasteiger partial charge is 0.325 e. The lowest BCUT2D eigenvalue weighted by Crippen LogP contribution is -2.26. The fraction of sp³-hybridized carbons (Fsp3) is 0.0741. The first-order chi connectivity index (χ1) is 16.4. The van der Waals surface area contributed by atoms with Gasteiger partial charge in [0.1, 0.15) is 23.5 Å². The maximum Gasteiger partial charge on any atom is 0.325 e. The number of carbonyl (C=O) groups is 1. The van der Waals surface area contributed by atoms with E-state index < -0.39 is 17.8 Å². The molecule has 2 N–H and O–H groups in total. The van der Waals surface area contributed by atoms with Crippen LogP contribution < -0.4 is 5.32 Å². The van der Waals surface area contributed by atoms with Crippen LogP contribution in [-0.4, -0.2) is 22.1 Å². The Morgan fingerprint density at radius 3 is 2.53 bits per heavy atom. The van der Waals surface area contributed by atoms with Crippen LogP contribution in [-0.2, 0) is 4.79 Å². The number of thiophene rings is 1. The van der Waals surface area contributed by atoms with Crippen LogP contribution in [0.3, 0.4) is 0 Å². The van der Waals surface area contributed by atoms with Crippen molar-refractivity contribution < 1.29 is 14.3 Å². The monoisotopic (exact) mass is 467 g/mol. The molecular weight excluding hydrogens is 449 g/mol. The predicted octanol–water partition coefficient (Wildman–Crippen LogP) is 6.68. The topological polar surface area (TPSA) is 86.0 Å². The minimum atomic E-state index is -1.08. The Balaban J connectivity index is 1.63. The number of nitriles is 1. The minimum absolute atomic E-state index is 0.165. The number of aliphatic carboxylic acids is 1. The Kier molecular flexibility index (Phi) is 5.44. The highest BCUT2D eigenvalue weighted by atomic mass is 32.1. The first kappa shape index (κ1) is 21.6. The van der Waals surface area contributed by atoms with Crippen LogP contribution in [0.2, 0.25) is 0 Å². The zero-order chi connectivity index (χ0) is 23.8. The lowest BCUT2D eigenvalue weighted by molar-refractivity contribution is -0.137. The van der Waals surface area contributed by atoms with Crippen molar-refractivity contribution in [3.8, 4) is 28.5 Å². The summed E-state index contributed by atoms with van der Waals surface area (Å²) in [6, 6.07) is 21.3. The fourth-order valence-electron chi connectivity index (χ4n) is 3.95. The molecule has 0 aliphatic carbocycles. The van der Waals surface area contributed by atoms with E-state index in [0.717, 1.165) is 11.1 Å². The quantitative estimate of drug-likeness (QED) is 0.301. The number of nitrogens with zero attached hydrogens (tertiary/aromatic N) is 2. The van der Waals surface area contributed by atoms with Crippen LogP contribution in [0.1, 0.15) is 12.5 Å². The van der Waals surface area contributed by atoms with Crippen LogP contribution in [0.15, 0.2) is 72.1 Å². The fourth-order valence-corrected chi connectivity index (χ4v) is 4.72. The van der Waals surface area contributed by atoms with Crippen LogP contribution in [0.4, 0.5) is 10.1 Å². The SMILES string of the molecule is CC(Nc1c(C#N)c(-c2ccc(-c3ccc4sccc4c3)cc2)nc2ccc(F)cc12)C(=O)O. The zero-order valence-electron chi connectivity index (χ0n) is 18.0. The van der Waals surface area contributed by atoms with Crippen molar-refractivity contribution in [2.24, 2.45) is 0 Å². The van der Waals surface area contributed by atoms with Crippen molar-refractivity contribution in [2.75, 3.05) is 5.32 Å².